The molecule has 0 spiro atoms. The summed E-state index contributed by atoms with van der Waals surface area (Å²) in [6.07, 6.45) is 0.983. The van der Waals surface area contributed by atoms with Crippen molar-refractivity contribution in [2.45, 2.75) is 19.4 Å². The predicted molar refractivity (Wildman–Crippen MR) is 80.5 cm³/mol. The molecule has 1 heterocycles. The van der Waals surface area contributed by atoms with Gasteiger partial charge in [0, 0.05) is 5.56 Å². The molecular formula is C14H19N3O2S. The van der Waals surface area contributed by atoms with E-state index in [9.17, 15) is 0 Å². The Balaban J connectivity index is 2.32. The number of methoxy groups -OCH3 is 2. The number of aromatic nitrogens is 2. The zero-order valence-corrected chi connectivity index (χ0v) is 13.0. The molecule has 0 saturated carbocycles. The molecule has 0 bridgehead atoms. The lowest BCUT2D eigenvalue weighted by Crippen LogP contribution is -2.14. The van der Waals surface area contributed by atoms with E-state index in [1.54, 1.807) is 25.6 Å². The Morgan fingerprint density at radius 2 is 1.95 bits per heavy atom. The van der Waals surface area contributed by atoms with Crippen LogP contribution in [0.4, 0.5) is 0 Å². The molecule has 0 aliphatic carbocycles. The van der Waals surface area contributed by atoms with Crippen LogP contribution in [0.1, 0.15) is 24.4 Å². The van der Waals surface area contributed by atoms with Gasteiger partial charge in [-0.15, -0.1) is 10.2 Å². The van der Waals surface area contributed by atoms with Gasteiger partial charge in [-0.25, -0.2) is 0 Å². The first-order chi connectivity index (χ1) is 9.73. The minimum atomic E-state index is 0.251. The Morgan fingerprint density at radius 1 is 1.20 bits per heavy atom. The van der Waals surface area contributed by atoms with Gasteiger partial charge >= 0.3 is 0 Å². The fourth-order valence-corrected chi connectivity index (χ4v) is 3.00. The minimum Gasteiger partial charge on any atom is -0.493 e. The van der Waals surface area contributed by atoms with E-state index in [4.69, 9.17) is 9.47 Å². The van der Waals surface area contributed by atoms with Gasteiger partial charge in [-0.2, -0.15) is 0 Å². The molecule has 1 aromatic heterocycles. The van der Waals surface area contributed by atoms with Gasteiger partial charge in [0.2, 0.25) is 0 Å². The van der Waals surface area contributed by atoms with E-state index < -0.39 is 0 Å². The predicted octanol–water partition coefficient (Wildman–Crippen LogP) is 2.89. The Kier molecular flexibility index (Phi) is 4.92. The lowest BCUT2D eigenvalue weighted by atomic mass is 10.2. The summed E-state index contributed by atoms with van der Waals surface area (Å²) in [7, 11) is 5.19. The van der Waals surface area contributed by atoms with Crippen LogP contribution in [0.2, 0.25) is 0 Å². The number of benzene rings is 1. The van der Waals surface area contributed by atoms with Crippen LogP contribution in [0.25, 0.3) is 10.6 Å². The van der Waals surface area contributed by atoms with Crippen LogP contribution in [0, 0.1) is 0 Å². The molecule has 1 unspecified atom stereocenters. The third-order valence-corrected chi connectivity index (χ3v) is 4.21. The van der Waals surface area contributed by atoms with Crippen molar-refractivity contribution in [3.8, 4) is 22.1 Å². The van der Waals surface area contributed by atoms with Gasteiger partial charge < -0.3 is 14.8 Å². The highest BCUT2D eigenvalue weighted by atomic mass is 32.1. The van der Waals surface area contributed by atoms with Crippen molar-refractivity contribution in [3.63, 3.8) is 0 Å². The zero-order chi connectivity index (χ0) is 14.5. The number of hydrogen-bond acceptors (Lipinski definition) is 6. The van der Waals surface area contributed by atoms with E-state index in [1.807, 2.05) is 25.2 Å². The van der Waals surface area contributed by atoms with Gasteiger partial charge in [0.05, 0.1) is 20.3 Å². The summed E-state index contributed by atoms with van der Waals surface area (Å²) in [4.78, 5) is 0. The molecule has 1 atom stereocenters. The Morgan fingerprint density at radius 3 is 2.55 bits per heavy atom. The molecule has 0 amide bonds. The molecule has 6 heteroatoms. The second-order valence-corrected chi connectivity index (χ2v) is 5.27. The number of nitrogens with zero attached hydrogens (tertiary/aromatic N) is 2. The molecule has 0 aliphatic rings. The average Bonchev–Trinajstić information content (AvgIpc) is 2.97. The van der Waals surface area contributed by atoms with Crippen molar-refractivity contribution in [1.82, 2.24) is 15.5 Å². The third kappa shape index (κ3) is 2.91. The molecule has 5 nitrogen and oxygen atoms in total. The van der Waals surface area contributed by atoms with Crippen LogP contribution >= 0.6 is 11.3 Å². The molecule has 2 rings (SSSR count). The first kappa shape index (κ1) is 14.7. The van der Waals surface area contributed by atoms with Crippen LogP contribution in [-0.4, -0.2) is 31.5 Å². The lowest BCUT2D eigenvalue weighted by Gasteiger charge is -2.08. The van der Waals surface area contributed by atoms with Crippen molar-refractivity contribution >= 4 is 11.3 Å². The van der Waals surface area contributed by atoms with E-state index >= 15 is 0 Å². The maximum Gasteiger partial charge on any atom is 0.161 e. The Labute approximate surface area is 123 Å². The highest BCUT2D eigenvalue weighted by Crippen LogP contribution is 2.34. The average molecular weight is 293 g/mol. The molecule has 20 heavy (non-hydrogen) atoms. The standard InChI is InChI=1S/C14H19N3O2S/c1-5-10(15-2)14-17-16-13(20-14)9-6-7-11(18-3)12(8-9)19-4/h6-8,10,15H,5H2,1-4H3. The lowest BCUT2D eigenvalue weighted by molar-refractivity contribution is 0.355. The fraction of sp³-hybridized carbons (Fsp3) is 0.429. The van der Waals surface area contributed by atoms with Gasteiger partial charge in [0.1, 0.15) is 10.0 Å². The zero-order valence-electron chi connectivity index (χ0n) is 12.1. The minimum absolute atomic E-state index is 0.251. The van der Waals surface area contributed by atoms with E-state index in [0.29, 0.717) is 11.5 Å². The molecule has 0 fully saturated rings. The van der Waals surface area contributed by atoms with Crippen LogP contribution in [-0.2, 0) is 0 Å². The quantitative estimate of drug-likeness (QED) is 0.887. The highest BCUT2D eigenvalue weighted by molar-refractivity contribution is 7.14. The summed E-state index contributed by atoms with van der Waals surface area (Å²) in [6, 6.07) is 6.02. The SMILES string of the molecule is CCC(NC)c1nnc(-c2ccc(OC)c(OC)c2)s1. The number of ether oxygens (including phenoxy) is 2. The smallest absolute Gasteiger partial charge is 0.161 e. The van der Waals surface area contributed by atoms with Crippen molar-refractivity contribution in [3.05, 3.63) is 23.2 Å². The van der Waals surface area contributed by atoms with Crippen molar-refractivity contribution in [2.24, 2.45) is 0 Å². The molecular weight excluding hydrogens is 274 g/mol. The molecule has 0 aliphatic heterocycles. The van der Waals surface area contributed by atoms with E-state index in [0.717, 1.165) is 22.0 Å². The maximum atomic E-state index is 5.31. The van der Waals surface area contributed by atoms with Gasteiger partial charge in [-0.05, 0) is 31.7 Å². The molecule has 0 radical (unpaired) electrons. The second kappa shape index (κ2) is 6.67. The van der Waals surface area contributed by atoms with Crippen LogP contribution in [0.3, 0.4) is 0 Å². The van der Waals surface area contributed by atoms with Crippen LogP contribution in [0.5, 0.6) is 11.5 Å². The van der Waals surface area contributed by atoms with Gasteiger partial charge in [0.15, 0.2) is 11.5 Å². The number of nitrogens with one attached hydrogen (secondary N) is 1. The summed E-state index contributed by atoms with van der Waals surface area (Å²) in [6.45, 7) is 2.12. The summed E-state index contributed by atoms with van der Waals surface area (Å²) < 4.78 is 10.6. The van der Waals surface area contributed by atoms with Crippen LogP contribution in [0.15, 0.2) is 18.2 Å². The first-order valence-electron chi connectivity index (χ1n) is 6.46. The largest absolute Gasteiger partial charge is 0.493 e. The number of rotatable bonds is 6. The summed E-state index contributed by atoms with van der Waals surface area (Å²) in [5.74, 6) is 1.41. The van der Waals surface area contributed by atoms with E-state index in [1.165, 1.54) is 0 Å². The maximum absolute atomic E-state index is 5.31. The molecule has 1 aromatic carbocycles. The summed E-state index contributed by atoms with van der Waals surface area (Å²) in [5.41, 5.74) is 0.984. The molecule has 2 aromatic rings. The number of hydrogen-bond donors (Lipinski definition) is 1. The Hall–Kier alpha value is -1.66. The topological polar surface area (TPSA) is 56.3 Å². The first-order valence-corrected chi connectivity index (χ1v) is 7.28. The highest BCUT2D eigenvalue weighted by Gasteiger charge is 2.15. The van der Waals surface area contributed by atoms with Gasteiger partial charge in [0.25, 0.3) is 0 Å². The van der Waals surface area contributed by atoms with Gasteiger partial charge in [-0.1, -0.05) is 18.3 Å². The van der Waals surface area contributed by atoms with E-state index in [-0.39, 0.29) is 6.04 Å². The fourth-order valence-electron chi connectivity index (χ4n) is 1.96. The van der Waals surface area contributed by atoms with Crippen LogP contribution < -0.4 is 14.8 Å². The van der Waals surface area contributed by atoms with Crippen molar-refractivity contribution < 1.29 is 9.47 Å². The third-order valence-electron chi connectivity index (χ3n) is 3.13. The summed E-state index contributed by atoms with van der Waals surface area (Å²) in [5, 5.41) is 13.7. The van der Waals surface area contributed by atoms with Gasteiger partial charge in [-0.3, -0.25) is 0 Å². The normalized spacial score (nSPS) is 12.2. The van der Waals surface area contributed by atoms with E-state index in [2.05, 4.69) is 22.4 Å². The second-order valence-electron chi connectivity index (χ2n) is 4.26. The monoisotopic (exact) mass is 293 g/mol. The van der Waals surface area contributed by atoms with Crippen molar-refractivity contribution in [2.75, 3.05) is 21.3 Å². The Bertz CT molecular complexity index is 567. The molecule has 1 N–H and O–H groups in total. The molecule has 0 saturated heterocycles. The summed E-state index contributed by atoms with van der Waals surface area (Å²) >= 11 is 1.59. The van der Waals surface area contributed by atoms with Crippen molar-refractivity contribution in [1.29, 1.82) is 0 Å². The molecule has 108 valence electrons.